The molecule has 3 rings (SSSR count). The predicted molar refractivity (Wildman–Crippen MR) is 102 cm³/mol. The Morgan fingerprint density at radius 2 is 1.74 bits per heavy atom. The molecule has 0 aliphatic carbocycles. The molecule has 0 unspecified atom stereocenters. The van der Waals surface area contributed by atoms with Crippen LogP contribution in [0.2, 0.25) is 0 Å². The Kier molecular flexibility index (Phi) is 5.85. The van der Waals surface area contributed by atoms with Gasteiger partial charge in [0.05, 0.1) is 0 Å². The van der Waals surface area contributed by atoms with Gasteiger partial charge in [0.1, 0.15) is 18.2 Å². The number of nitrogens with two attached hydrogens (primary N) is 1. The highest BCUT2D eigenvalue weighted by atomic mass is 19.1. The Morgan fingerprint density at radius 3 is 2.41 bits per heavy atom. The van der Waals surface area contributed by atoms with Crippen molar-refractivity contribution < 1.29 is 13.6 Å². The van der Waals surface area contributed by atoms with Crippen LogP contribution in [0.5, 0.6) is 0 Å². The molecule has 6 nitrogen and oxygen atoms in total. The molecule has 0 spiro atoms. The van der Waals surface area contributed by atoms with Gasteiger partial charge < -0.3 is 20.9 Å². The molecule has 8 heteroatoms. The van der Waals surface area contributed by atoms with Gasteiger partial charge in [0.15, 0.2) is 5.96 Å². The highest BCUT2D eigenvalue weighted by Gasteiger charge is 2.18. The van der Waals surface area contributed by atoms with E-state index in [2.05, 4.69) is 15.2 Å². The fraction of sp³-hybridized carbons (Fsp3) is 0.263. The average molecular weight is 373 g/mol. The van der Waals surface area contributed by atoms with Gasteiger partial charge in [-0.1, -0.05) is 6.07 Å². The molecule has 1 heterocycles. The lowest BCUT2D eigenvalue weighted by molar-refractivity contribution is -0.114. The number of benzene rings is 2. The van der Waals surface area contributed by atoms with Crippen molar-refractivity contribution in [2.75, 3.05) is 42.9 Å². The minimum Gasteiger partial charge on any atom is -0.370 e. The van der Waals surface area contributed by atoms with Crippen LogP contribution in [-0.2, 0) is 4.79 Å². The quantitative estimate of drug-likeness (QED) is 0.635. The number of guanidine groups is 1. The topological polar surface area (TPSA) is 74.0 Å². The molecule has 3 N–H and O–H groups in total. The van der Waals surface area contributed by atoms with Crippen LogP contribution in [-0.4, -0.2) is 49.5 Å². The summed E-state index contributed by atoms with van der Waals surface area (Å²) in [4.78, 5) is 20.1. The first-order valence-corrected chi connectivity index (χ1v) is 8.62. The van der Waals surface area contributed by atoms with Crippen molar-refractivity contribution in [3.05, 3.63) is 60.2 Å². The van der Waals surface area contributed by atoms with Crippen molar-refractivity contribution in [3.63, 3.8) is 0 Å². The van der Waals surface area contributed by atoms with Crippen LogP contribution >= 0.6 is 0 Å². The van der Waals surface area contributed by atoms with Crippen molar-refractivity contribution >= 4 is 23.2 Å². The summed E-state index contributed by atoms with van der Waals surface area (Å²) in [6.45, 7) is 2.60. The third-order valence-corrected chi connectivity index (χ3v) is 4.29. The molecule has 1 aliphatic heterocycles. The van der Waals surface area contributed by atoms with E-state index in [-0.39, 0.29) is 18.3 Å². The number of carbonyl (C=O) groups excluding carboxylic acids is 1. The van der Waals surface area contributed by atoms with E-state index in [1.54, 1.807) is 18.2 Å². The largest absolute Gasteiger partial charge is 0.370 e. The second-order valence-electron chi connectivity index (χ2n) is 6.18. The van der Waals surface area contributed by atoms with Crippen molar-refractivity contribution in [2.45, 2.75) is 0 Å². The lowest BCUT2D eigenvalue weighted by Crippen LogP contribution is -2.51. The van der Waals surface area contributed by atoms with E-state index in [0.29, 0.717) is 24.7 Å². The molecule has 1 fully saturated rings. The fourth-order valence-corrected chi connectivity index (χ4v) is 2.87. The van der Waals surface area contributed by atoms with E-state index in [1.165, 1.54) is 30.3 Å². The number of amides is 1. The Hall–Kier alpha value is -3.16. The Labute approximate surface area is 156 Å². The SMILES string of the molecule is NC(=NCC(=O)Nc1cccc(F)c1)N1CCN(c2ccc(F)cc2)CC1. The van der Waals surface area contributed by atoms with Crippen LogP contribution in [0.1, 0.15) is 0 Å². The molecule has 27 heavy (non-hydrogen) atoms. The number of hydrogen-bond acceptors (Lipinski definition) is 3. The lowest BCUT2D eigenvalue weighted by Gasteiger charge is -2.36. The molecule has 0 atom stereocenters. The second kappa shape index (κ2) is 8.48. The van der Waals surface area contributed by atoms with Gasteiger partial charge in [0.2, 0.25) is 5.91 Å². The smallest absolute Gasteiger partial charge is 0.246 e. The van der Waals surface area contributed by atoms with E-state index in [9.17, 15) is 13.6 Å². The highest BCUT2D eigenvalue weighted by molar-refractivity contribution is 5.93. The Bertz CT molecular complexity index is 817. The number of hydrogen-bond donors (Lipinski definition) is 2. The maximum Gasteiger partial charge on any atom is 0.246 e. The van der Waals surface area contributed by atoms with Gasteiger partial charge in [-0.3, -0.25) is 4.79 Å². The van der Waals surface area contributed by atoms with Gasteiger partial charge >= 0.3 is 0 Å². The standard InChI is InChI=1S/C19H21F2N5O/c20-14-4-6-17(7-5-14)25-8-10-26(11-9-25)19(22)23-13-18(27)24-16-3-1-2-15(21)12-16/h1-7,12H,8-11,13H2,(H2,22,23)(H,24,27). The number of nitrogens with one attached hydrogen (secondary N) is 1. The van der Waals surface area contributed by atoms with Crippen LogP contribution < -0.4 is 16.0 Å². The zero-order chi connectivity index (χ0) is 19.2. The molecule has 2 aromatic rings. The minimum atomic E-state index is -0.421. The zero-order valence-electron chi connectivity index (χ0n) is 14.7. The van der Waals surface area contributed by atoms with Crippen molar-refractivity contribution in [3.8, 4) is 0 Å². The van der Waals surface area contributed by atoms with Gasteiger partial charge in [-0.05, 0) is 42.5 Å². The van der Waals surface area contributed by atoms with Crippen LogP contribution in [0.15, 0.2) is 53.5 Å². The van der Waals surface area contributed by atoms with Crippen LogP contribution in [0.3, 0.4) is 0 Å². The normalized spacial score (nSPS) is 15.0. The first-order valence-electron chi connectivity index (χ1n) is 8.62. The van der Waals surface area contributed by atoms with E-state index < -0.39 is 5.82 Å². The predicted octanol–water partition coefficient (Wildman–Crippen LogP) is 2.04. The summed E-state index contributed by atoms with van der Waals surface area (Å²) in [5.41, 5.74) is 7.32. The number of nitrogens with zero attached hydrogens (tertiary/aromatic N) is 3. The summed E-state index contributed by atoms with van der Waals surface area (Å²) < 4.78 is 26.1. The van der Waals surface area contributed by atoms with E-state index >= 15 is 0 Å². The molecule has 0 bridgehead atoms. The molecular formula is C19H21F2N5O. The molecule has 0 saturated carbocycles. The summed E-state index contributed by atoms with van der Waals surface area (Å²) >= 11 is 0. The maximum atomic E-state index is 13.1. The first kappa shape index (κ1) is 18.6. The third kappa shape index (κ3) is 5.16. The molecule has 0 aromatic heterocycles. The first-order chi connectivity index (χ1) is 13.0. The minimum absolute atomic E-state index is 0.138. The fourth-order valence-electron chi connectivity index (χ4n) is 2.87. The third-order valence-electron chi connectivity index (χ3n) is 4.29. The Morgan fingerprint density at radius 1 is 1.04 bits per heavy atom. The molecule has 142 valence electrons. The van der Waals surface area contributed by atoms with Crippen LogP contribution in [0.4, 0.5) is 20.2 Å². The van der Waals surface area contributed by atoms with Gasteiger partial charge in [-0.25, -0.2) is 13.8 Å². The van der Waals surface area contributed by atoms with Gasteiger partial charge in [0, 0.05) is 37.6 Å². The Balaban J connectivity index is 1.48. The second-order valence-corrected chi connectivity index (χ2v) is 6.18. The molecular weight excluding hydrogens is 352 g/mol. The van der Waals surface area contributed by atoms with E-state index in [0.717, 1.165) is 18.8 Å². The van der Waals surface area contributed by atoms with Crippen molar-refractivity contribution in [2.24, 2.45) is 10.7 Å². The molecule has 1 aliphatic rings. The van der Waals surface area contributed by atoms with Gasteiger partial charge in [-0.2, -0.15) is 0 Å². The summed E-state index contributed by atoms with van der Waals surface area (Å²) in [5, 5.41) is 2.58. The van der Waals surface area contributed by atoms with Gasteiger partial charge in [0.25, 0.3) is 0 Å². The molecule has 1 amide bonds. The summed E-state index contributed by atoms with van der Waals surface area (Å²) in [6.07, 6.45) is 0. The van der Waals surface area contributed by atoms with E-state index in [1.807, 2.05) is 4.90 Å². The number of rotatable bonds is 4. The summed E-state index contributed by atoms with van der Waals surface area (Å²) in [6, 6.07) is 12.0. The number of carbonyl (C=O) groups is 1. The molecule has 2 aromatic carbocycles. The molecule has 1 saturated heterocycles. The molecule has 0 radical (unpaired) electrons. The average Bonchev–Trinajstić information content (AvgIpc) is 2.67. The number of anilines is 2. The van der Waals surface area contributed by atoms with E-state index in [4.69, 9.17) is 5.73 Å². The highest BCUT2D eigenvalue weighted by Crippen LogP contribution is 2.16. The summed E-state index contributed by atoms with van der Waals surface area (Å²) in [5.74, 6) is -0.753. The van der Waals surface area contributed by atoms with Crippen molar-refractivity contribution in [1.29, 1.82) is 0 Å². The monoisotopic (exact) mass is 373 g/mol. The number of piperazine rings is 1. The number of halogens is 2. The maximum absolute atomic E-state index is 13.1. The van der Waals surface area contributed by atoms with Crippen LogP contribution in [0, 0.1) is 11.6 Å². The zero-order valence-corrected chi connectivity index (χ0v) is 14.7. The number of aliphatic imine (C=N–C) groups is 1. The van der Waals surface area contributed by atoms with Gasteiger partial charge in [-0.15, -0.1) is 0 Å². The van der Waals surface area contributed by atoms with Crippen LogP contribution in [0.25, 0.3) is 0 Å². The van der Waals surface area contributed by atoms with Crippen molar-refractivity contribution in [1.82, 2.24) is 4.90 Å². The summed E-state index contributed by atoms with van der Waals surface area (Å²) in [7, 11) is 0. The lowest BCUT2D eigenvalue weighted by atomic mass is 10.2.